The Balaban J connectivity index is 1.61. The summed E-state index contributed by atoms with van der Waals surface area (Å²) in [5.74, 6) is 1.20. The summed E-state index contributed by atoms with van der Waals surface area (Å²) < 4.78 is 5.68. The first-order valence-corrected chi connectivity index (χ1v) is 7.20. The smallest absolute Gasteiger partial charge is 0.205 e. The molecule has 0 aliphatic rings. The number of oxazole rings is 1. The molecule has 0 radical (unpaired) electrons. The van der Waals surface area contributed by atoms with Crippen molar-refractivity contribution >= 4 is 39.7 Å². The van der Waals surface area contributed by atoms with Crippen molar-refractivity contribution in [3.63, 3.8) is 0 Å². The summed E-state index contributed by atoms with van der Waals surface area (Å²) in [6.07, 6.45) is 3.10. The summed E-state index contributed by atoms with van der Waals surface area (Å²) in [7, 11) is 0. The second kappa shape index (κ2) is 4.74. The number of nitrogens with two attached hydrogens (primary N) is 1. The summed E-state index contributed by atoms with van der Waals surface area (Å²) in [6, 6.07) is 5.41. The number of thioether (sulfide) groups is 1. The lowest BCUT2D eigenvalue weighted by molar-refractivity contribution is 0.556. The van der Waals surface area contributed by atoms with Crippen LogP contribution >= 0.6 is 11.8 Å². The lowest BCUT2D eigenvalue weighted by atomic mass is 10.3. The Kier molecular flexibility index (Phi) is 2.74. The molecule has 0 spiro atoms. The number of nitrogens with zero attached hydrogens (tertiary/aromatic N) is 4. The molecular weight excluding hydrogens is 288 g/mol. The standard InChI is InChI=1S/C13H10N6OS/c14-7-1-2-9-8(3-7)19-10(20-9)4-21-13-11-12(16-5-15-11)17-6-18-13/h1-3,5-6H,4,14H2,(H,15,16,17,18). The topological polar surface area (TPSA) is 107 Å². The molecule has 4 rings (SSSR count). The van der Waals surface area contributed by atoms with E-state index in [4.69, 9.17) is 10.2 Å². The quantitative estimate of drug-likeness (QED) is 0.339. The fraction of sp³-hybridized carbons (Fsp3) is 0.0769. The van der Waals surface area contributed by atoms with E-state index in [1.165, 1.54) is 18.1 Å². The molecule has 3 aromatic heterocycles. The highest BCUT2D eigenvalue weighted by Crippen LogP contribution is 2.27. The number of nitrogen functional groups attached to an aromatic ring is 1. The first-order valence-electron chi connectivity index (χ1n) is 6.21. The van der Waals surface area contributed by atoms with Gasteiger partial charge in [-0.05, 0) is 18.2 Å². The molecular formula is C13H10N6OS. The van der Waals surface area contributed by atoms with Gasteiger partial charge in [-0.2, -0.15) is 0 Å². The number of anilines is 1. The van der Waals surface area contributed by atoms with Crippen molar-refractivity contribution in [1.82, 2.24) is 24.9 Å². The van der Waals surface area contributed by atoms with Crippen LogP contribution in [0.2, 0.25) is 0 Å². The van der Waals surface area contributed by atoms with Crippen LogP contribution in [0.4, 0.5) is 5.69 Å². The Bertz CT molecular complexity index is 931. The predicted octanol–water partition coefficient (Wildman–Crippen LogP) is 2.37. The molecule has 7 nitrogen and oxygen atoms in total. The molecule has 0 amide bonds. The van der Waals surface area contributed by atoms with E-state index < -0.39 is 0 Å². The third-order valence-corrected chi connectivity index (χ3v) is 3.95. The molecule has 3 heterocycles. The normalized spacial score (nSPS) is 11.4. The number of benzene rings is 1. The van der Waals surface area contributed by atoms with Crippen molar-refractivity contribution in [3.05, 3.63) is 36.7 Å². The molecule has 4 aromatic rings. The zero-order valence-electron chi connectivity index (χ0n) is 10.8. The molecule has 0 unspecified atom stereocenters. The van der Waals surface area contributed by atoms with Crippen LogP contribution < -0.4 is 5.73 Å². The maximum absolute atomic E-state index is 5.73. The van der Waals surface area contributed by atoms with E-state index in [-0.39, 0.29) is 0 Å². The second-order valence-corrected chi connectivity index (χ2v) is 5.37. The fourth-order valence-electron chi connectivity index (χ4n) is 2.04. The number of nitrogens with one attached hydrogen (secondary N) is 1. The lowest BCUT2D eigenvalue weighted by Gasteiger charge is -1.98. The van der Waals surface area contributed by atoms with Crippen molar-refractivity contribution in [2.75, 3.05) is 5.73 Å². The third kappa shape index (κ3) is 2.19. The average molecular weight is 298 g/mol. The Labute approximate surface area is 123 Å². The number of aromatic nitrogens is 5. The molecule has 3 N–H and O–H groups in total. The number of hydrogen-bond acceptors (Lipinski definition) is 7. The van der Waals surface area contributed by atoms with Crippen molar-refractivity contribution in [1.29, 1.82) is 0 Å². The van der Waals surface area contributed by atoms with Crippen molar-refractivity contribution in [2.45, 2.75) is 10.8 Å². The van der Waals surface area contributed by atoms with E-state index in [0.717, 1.165) is 21.6 Å². The van der Waals surface area contributed by atoms with Gasteiger partial charge in [0.05, 0.1) is 12.1 Å². The number of imidazole rings is 1. The van der Waals surface area contributed by atoms with Crippen LogP contribution in [0.5, 0.6) is 0 Å². The van der Waals surface area contributed by atoms with Gasteiger partial charge in [0.15, 0.2) is 11.2 Å². The van der Waals surface area contributed by atoms with Crippen LogP contribution in [-0.4, -0.2) is 24.9 Å². The van der Waals surface area contributed by atoms with Gasteiger partial charge in [0, 0.05) is 5.69 Å². The minimum Gasteiger partial charge on any atom is -0.440 e. The largest absolute Gasteiger partial charge is 0.440 e. The van der Waals surface area contributed by atoms with Crippen molar-refractivity contribution in [2.24, 2.45) is 0 Å². The fourth-order valence-corrected chi connectivity index (χ4v) is 2.84. The Morgan fingerprint density at radius 3 is 3.14 bits per heavy atom. The van der Waals surface area contributed by atoms with Crippen LogP contribution in [0.15, 0.2) is 40.3 Å². The summed E-state index contributed by atoms with van der Waals surface area (Å²) >= 11 is 1.52. The van der Waals surface area contributed by atoms with Crippen LogP contribution in [0, 0.1) is 0 Å². The zero-order chi connectivity index (χ0) is 14.2. The molecule has 0 bridgehead atoms. The van der Waals surface area contributed by atoms with Gasteiger partial charge in [-0.3, -0.25) is 0 Å². The molecule has 0 saturated carbocycles. The van der Waals surface area contributed by atoms with Gasteiger partial charge in [-0.15, -0.1) is 0 Å². The highest BCUT2D eigenvalue weighted by Gasteiger charge is 2.10. The van der Waals surface area contributed by atoms with Gasteiger partial charge in [0.1, 0.15) is 22.4 Å². The number of hydrogen-bond donors (Lipinski definition) is 2. The van der Waals surface area contributed by atoms with Crippen molar-refractivity contribution < 1.29 is 4.42 Å². The minimum atomic E-state index is 0.569. The molecule has 1 aromatic carbocycles. The second-order valence-electron chi connectivity index (χ2n) is 4.40. The van der Waals surface area contributed by atoms with Crippen LogP contribution in [-0.2, 0) is 5.75 Å². The molecule has 21 heavy (non-hydrogen) atoms. The number of aromatic amines is 1. The monoisotopic (exact) mass is 298 g/mol. The van der Waals surface area contributed by atoms with Gasteiger partial charge in [-0.25, -0.2) is 19.9 Å². The van der Waals surface area contributed by atoms with E-state index in [1.54, 1.807) is 18.5 Å². The van der Waals surface area contributed by atoms with Crippen molar-refractivity contribution in [3.8, 4) is 0 Å². The Morgan fingerprint density at radius 2 is 2.19 bits per heavy atom. The van der Waals surface area contributed by atoms with Gasteiger partial charge >= 0.3 is 0 Å². The summed E-state index contributed by atoms with van der Waals surface area (Å²) in [5.41, 5.74) is 9.37. The molecule has 0 fully saturated rings. The maximum atomic E-state index is 5.73. The Hall–Kier alpha value is -2.61. The maximum Gasteiger partial charge on any atom is 0.205 e. The summed E-state index contributed by atoms with van der Waals surface area (Å²) in [4.78, 5) is 19.9. The molecule has 0 aliphatic heterocycles. The van der Waals surface area contributed by atoms with Gasteiger partial charge in [0.2, 0.25) is 5.89 Å². The molecule has 8 heteroatoms. The predicted molar refractivity (Wildman–Crippen MR) is 79.7 cm³/mol. The summed E-state index contributed by atoms with van der Waals surface area (Å²) in [5, 5.41) is 0.819. The molecule has 0 aliphatic carbocycles. The third-order valence-electron chi connectivity index (χ3n) is 2.98. The highest BCUT2D eigenvalue weighted by molar-refractivity contribution is 7.98. The van der Waals surface area contributed by atoms with E-state index in [9.17, 15) is 0 Å². The first kappa shape index (κ1) is 12.2. The molecule has 0 saturated heterocycles. The molecule has 104 valence electrons. The zero-order valence-corrected chi connectivity index (χ0v) is 11.6. The van der Waals surface area contributed by atoms with Gasteiger partial charge in [0.25, 0.3) is 0 Å². The van der Waals surface area contributed by atoms with E-state index in [2.05, 4.69) is 24.9 Å². The first-order chi connectivity index (χ1) is 10.3. The van der Waals surface area contributed by atoms with Crippen LogP contribution in [0.25, 0.3) is 22.3 Å². The molecule has 0 atom stereocenters. The van der Waals surface area contributed by atoms with E-state index in [1.807, 2.05) is 6.07 Å². The average Bonchev–Trinajstić information content (AvgIpc) is 3.10. The van der Waals surface area contributed by atoms with Gasteiger partial charge < -0.3 is 15.1 Å². The lowest BCUT2D eigenvalue weighted by Crippen LogP contribution is -1.87. The van der Waals surface area contributed by atoms with E-state index >= 15 is 0 Å². The Morgan fingerprint density at radius 1 is 1.24 bits per heavy atom. The van der Waals surface area contributed by atoms with Crippen LogP contribution in [0.3, 0.4) is 0 Å². The SMILES string of the molecule is Nc1ccc2oc(CSc3ncnc4nc[nH]c34)nc2c1. The van der Waals surface area contributed by atoms with Gasteiger partial charge in [-0.1, -0.05) is 11.8 Å². The van der Waals surface area contributed by atoms with E-state index in [0.29, 0.717) is 23.0 Å². The highest BCUT2D eigenvalue weighted by atomic mass is 32.2. The minimum absolute atomic E-state index is 0.569. The number of fused-ring (bicyclic) bond motifs is 2. The van der Waals surface area contributed by atoms with Crippen LogP contribution in [0.1, 0.15) is 5.89 Å². The number of rotatable bonds is 3. The number of H-pyrrole nitrogens is 1. The summed E-state index contributed by atoms with van der Waals surface area (Å²) in [6.45, 7) is 0.